The highest BCUT2D eigenvalue weighted by atomic mass is 32.5. The lowest BCUT2D eigenvalue weighted by Gasteiger charge is -2.51. The van der Waals surface area contributed by atoms with Gasteiger partial charge in [-0.3, -0.25) is 4.98 Å². The number of rotatable bonds is 5. The number of hydrogen-bond donors (Lipinski definition) is 0. The quantitative estimate of drug-likeness (QED) is 0.304. The fourth-order valence-corrected chi connectivity index (χ4v) is 8.17. The first-order valence-corrected chi connectivity index (χ1v) is 17.8. The van der Waals surface area contributed by atoms with Crippen LogP contribution in [0.2, 0.25) is 0 Å². The number of pyridine rings is 1. The monoisotopic (exact) mass is 643 g/mol. The Kier molecular flexibility index (Phi) is 6.89. The van der Waals surface area contributed by atoms with Crippen LogP contribution in [0.5, 0.6) is 0 Å². The Balaban J connectivity index is 1.58. The summed E-state index contributed by atoms with van der Waals surface area (Å²) in [5.74, 6) is 0.00348. The summed E-state index contributed by atoms with van der Waals surface area (Å²) in [6.07, 6.45) is 5.38. The molecular weight excluding hydrogens is 597 g/mol. The predicted molar refractivity (Wildman–Crippen MR) is 163 cm³/mol. The van der Waals surface area contributed by atoms with Gasteiger partial charge in [0.05, 0.1) is 17.3 Å². The molecule has 2 fully saturated rings. The number of fused-ring (bicyclic) bond motifs is 4. The first-order valence-electron chi connectivity index (χ1n) is 15.9. The summed E-state index contributed by atoms with van der Waals surface area (Å²) >= 11 is 0. The molecule has 4 nitrogen and oxygen atoms in total. The van der Waals surface area contributed by atoms with Crippen LogP contribution in [0.3, 0.4) is 0 Å². The lowest BCUT2D eigenvalue weighted by molar-refractivity contribution is -0.156. The molecule has 2 atom stereocenters. The lowest BCUT2D eigenvalue weighted by atomic mass is 9.58. The number of halogens is 5. The molecule has 246 valence electrons. The van der Waals surface area contributed by atoms with Crippen molar-refractivity contribution in [1.82, 2.24) is 4.98 Å². The molecule has 4 aliphatic rings. The first-order chi connectivity index (χ1) is 20.0. The molecule has 10 heteroatoms. The van der Waals surface area contributed by atoms with Gasteiger partial charge in [0, 0.05) is 48.6 Å². The van der Waals surface area contributed by atoms with Crippen molar-refractivity contribution in [2.24, 2.45) is 10.8 Å². The Morgan fingerprint density at radius 2 is 1.52 bits per heavy atom. The van der Waals surface area contributed by atoms with E-state index in [9.17, 15) is 19.4 Å². The van der Waals surface area contributed by atoms with E-state index in [1.807, 2.05) is 0 Å². The number of aromatic nitrogens is 1. The predicted octanol–water partition coefficient (Wildman–Crippen LogP) is 11.0. The van der Waals surface area contributed by atoms with E-state index in [0.717, 1.165) is 65.9 Å². The topological polar surface area (TPSA) is 40.6 Å². The molecule has 0 unspecified atom stereocenters. The molecule has 1 saturated heterocycles. The Bertz CT molecular complexity index is 1450. The summed E-state index contributed by atoms with van der Waals surface area (Å²) < 4.78 is 88.1. The van der Waals surface area contributed by atoms with Crippen molar-refractivity contribution < 1.29 is 33.6 Å². The van der Waals surface area contributed by atoms with Gasteiger partial charge in [-0.25, -0.2) is 0 Å². The maximum absolute atomic E-state index is 13.6. The van der Waals surface area contributed by atoms with E-state index in [-0.39, 0.29) is 22.9 Å². The number of hydrogen-bond acceptors (Lipinski definition) is 4. The minimum Gasteiger partial charge on any atom is -0.381 e. The van der Waals surface area contributed by atoms with Crippen LogP contribution in [0, 0.1) is 10.8 Å². The van der Waals surface area contributed by atoms with Crippen molar-refractivity contribution >= 4 is 10.2 Å². The van der Waals surface area contributed by atoms with Crippen LogP contribution < -0.4 is 0 Å². The Morgan fingerprint density at radius 1 is 0.909 bits per heavy atom. The molecule has 6 rings (SSSR count). The van der Waals surface area contributed by atoms with Crippen molar-refractivity contribution in [2.75, 3.05) is 13.2 Å². The van der Waals surface area contributed by atoms with Crippen molar-refractivity contribution in [3.63, 3.8) is 0 Å². The third-order valence-electron chi connectivity index (χ3n) is 11.1. The van der Waals surface area contributed by atoms with Crippen molar-refractivity contribution in [3.8, 4) is 0 Å². The lowest BCUT2D eigenvalue weighted by Crippen LogP contribution is -2.46. The SMILES string of the molecule is CC(C)c1nc2c(c3c1[C@@H](c1ccc(S(F)(F)(F)(F)F)cc1)OC31CCOCC1)[C@@H](OC(C)(C)C(C)(C)C)CC1(CCC1)C2. The van der Waals surface area contributed by atoms with E-state index in [0.29, 0.717) is 43.8 Å². The third-order valence-corrected chi connectivity index (χ3v) is 12.2. The van der Waals surface area contributed by atoms with Gasteiger partial charge >= 0.3 is 10.2 Å². The average molecular weight is 644 g/mol. The molecule has 1 aromatic heterocycles. The molecule has 1 aromatic carbocycles. The van der Waals surface area contributed by atoms with Gasteiger partial charge in [-0.1, -0.05) is 72.6 Å². The average Bonchev–Trinajstić information content (AvgIpc) is 3.19. The summed E-state index contributed by atoms with van der Waals surface area (Å²) in [7, 11) is -9.82. The number of benzene rings is 1. The third kappa shape index (κ3) is 5.39. The molecule has 2 aromatic rings. The normalized spacial score (nSPS) is 26.2. The second-order valence-electron chi connectivity index (χ2n) is 15.5. The molecular formula is C34H46F5NO3S. The highest BCUT2D eigenvalue weighted by molar-refractivity contribution is 8.45. The summed E-state index contributed by atoms with van der Waals surface area (Å²) in [6.45, 7) is 15.9. The zero-order chi connectivity index (χ0) is 32.2. The highest BCUT2D eigenvalue weighted by Crippen LogP contribution is 3.02. The van der Waals surface area contributed by atoms with Gasteiger partial charge in [-0.2, -0.15) is 0 Å². The van der Waals surface area contributed by atoms with E-state index in [1.54, 1.807) is 0 Å². The van der Waals surface area contributed by atoms with E-state index >= 15 is 0 Å². The molecule has 1 saturated carbocycles. The maximum Gasteiger partial charge on any atom is 0.310 e. The minimum atomic E-state index is -9.82. The second kappa shape index (κ2) is 9.41. The first kappa shape index (κ1) is 32.2. The highest BCUT2D eigenvalue weighted by Gasteiger charge is 2.65. The summed E-state index contributed by atoms with van der Waals surface area (Å²) in [4.78, 5) is 3.45. The van der Waals surface area contributed by atoms with E-state index < -0.39 is 32.4 Å². The standard InChI is InChI=1S/C34H46F5NO3S/c1-21(2)29-27-28(26-24(40-29)19-33(13-8-14-33)20-25(26)42-32(6,7)31(3,4)5)34(15-17-41-18-16-34)43-30(27)22-9-11-23(12-10-22)44(35,36,37,38)39/h9-12,21,25,30H,8,13-20H2,1-7H3/t25-,30+/m0/s1. The maximum atomic E-state index is 13.6. The van der Waals surface area contributed by atoms with Gasteiger partial charge in [0.1, 0.15) is 11.0 Å². The molecule has 2 aliphatic carbocycles. The van der Waals surface area contributed by atoms with Gasteiger partial charge in [-0.05, 0) is 79.5 Å². The van der Waals surface area contributed by atoms with Crippen molar-refractivity contribution in [3.05, 3.63) is 57.9 Å². The van der Waals surface area contributed by atoms with Crippen LogP contribution in [-0.2, 0) is 26.2 Å². The summed E-state index contributed by atoms with van der Waals surface area (Å²) in [5, 5.41) is 0. The number of nitrogens with zero attached hydrogens (tertiary/aromatic N) is 1. The smallest absolute Gasteiger partial charge is 0.310 e. The summed E-state index contributed by atoms with van der Waals surface area (Å²) in [6, 6.07) is 3.27. The Morgan fingerprint density at radius 3 is 2.02 bits per heavy atom. The fourth-order valence-electron chi connectivity index (χ4n) is 7.52. The van der Waals surface area contributed by atoms with E-state index in [2.05, 4.69) is 48.5 Å². The van der Waals surface area contributed by atoms with Crippen LogP contribution in [0.25, 0.3) is 0 Å². The van der Waals surface area contributed by atoms with E-state index in [1.165, 1.54) is 6.42 Å². The fraction of sp³-hybridized carbons (Fsp3) is 0.676. The zero-order valence-electron chi connectivity index (χ0n) is 26.9. The largest absolute Gasteiger partial charge is 0.381 e. The molecule has 0 bridgehead atoms. The Labute approximate surface area is 258 Å². The van der Waals surface area contributed by atoms with Crippen LogP contribution >= 0.6 is 10.2 Å². The molecule has 0 N–H and O–H groups in total. The van der Waals surface area contributed by atoms with Gasteiger partial charge in [0.2, 0.25) is 0 Å². The zero-order valence-corrected chi connectivity index (χ0v) is 27.7. The molecule has 0 radical (unpaired) electrons. The van der Waals surface area contributed by atoms with Crippen molar-refractivity contribution in [1.29, 1.82) is 0 Å². The molecule has 44 heavy (non-hydrogen) atoms. The molecule has 3 heterocycles. The van der Waals surface area contributed by atoms with Crippen molar-refractivity contribution in [2.45, 2.75) is 128 Å². The molecule has 2 aliphatic heterocycles. The van der Waals surface area contributed by atoms with Gasteiger partial charge in [-0.15, -0.1) is 0 Å². The van der Waals surface area contributed by atoms with Gasteiger partial charge < -0.3 is 14.2 Å². The van der Waals surface area contributed by atoms with Crippen LogP contribution in [-0.4, -0.2) is 23.8 Å². The minimum absolute atomic E-state index is 0.00348. The van der Waals surface area contributed by atoms with Gasteiger partial charge in [0.25, 0.3) is 0 Å². The van der Waals surface area contributed by atoms with Gasteiger partial charge in [0.15, 0.2) is 0 Å². The number of ether oxygens (including phenoxy) is 3. The van der Waals surface area contributed by atoms with Crippen LogP contribution in [0.1, 0.15) is 139 Å². The van der Waals surface area contributed by atoms with Crippen LogP contribution in [0.4, 0.5) is 19.4 Å². The van der Waals surface area contributed by atoms with Crippen LogP contribution in [0.15, 0.2) is 29.2 Å². The Hall–Kier alpha value is -1.75. The molecule has 2 spiro atoms. The summed E-state index contributed by atoms with van der Waals surface area (Å²) in [5.41, 5.74) is 4.04. The second-order valence-corrected chi connectivity index (χ2v) is 18.0. The van der Waals surface area contributed by atoms with E-state index in [4.69, 9.17) is 19.2 Å². The molecule has 0 amide bonds.